The topological polar surface area (TPSA) is 178 Å². The number of hydrogen-bond acceptors (Lipinski definition) is 14. The van der Waals surface area contributed by atoms with Gasteiger partial charge in [-0.15, -0.1) is 0 Å². The van der Waals surface area contributed by atoms with Gasteiger partial charge in [0.05, 0.1) is 55.1 Å². The van der Waals surface area contributed by atoms with Crippen molar-refractivity contribution in [1.29, 1.82) is 0 Å². The van der Waals surface area contributed by atoms with Gasteiger partial charge in [-0.25, -0.2) is 0 Å². The Morgan fingerprint density at radius 1 is 0.984 bits per heavy atom. The van der Waals surface area contributed by atoms with Crippen LogP contribution in [0.1, 0.15) is 91.3 Å². The summed E-state index contributed by atoms with van der Waals surface area (Å²) in [5, 5.41) is 44.8. The smallest absolute Gasteiger partial charge is 0.416 e. The van der Waals surface area contributed by atoms with Gasteiger partial charge in [-0.1, -0.05) is 39.8 Å². The van der Waals surface area contributed by atoms with Crippen molar-refractivity contribution in [2.24, 2.45) is 33.9 Å². The van der Waals surface area contributed by atoms with Crippen molar-refractivity contribution in [3.05, 3.63) is 65.2 Å². The van der Waals surface area contributed by atoms with Crippen LogP contribution in [0.25, 0.3) is 0 Å². The lowest BCUT2D eigenvalue weighted by molar-refractivity contribution is -0.301. The second-order valence-corrected chi connectivity index (χ2v) is 18.1. The van der Waals surface area contributed by atoms with Gasteiger partial charge >= 0.3 is 18.1 Å². The predicted octanol–water partition coefficient (Wildman–Crippen LogP) is 6.24. The number of alkyl halides is 3. The van der Waals surface area contributed by atoms with E-state index in [1.807, 2.05) is 32.8 Å². The molecule has 0 spiro atoms. The average Bonchev–Trinajstić information content (AvgIpc) is 3.24. The fourth-order valence-electron chi connectivity index (χ4n) is 9.01. The van der Waals surface area contributed by atoms with E-state index in [1.54, 1.807) is 59.1 Å². The molecule has 3 N–H and O–H groups in total. The summed E-state index contributed by atoms with van der Waals surface area (Å²) in [4.78, 5) is 30.1. The second kappa shape index (κ2) is 22.0. The molecule has 2 aliphatic heterocycles. The molecule has 2 saturated heterocycles. The first kappa shape index (κ1) is 52.7. The van der Waals surface area contributed by atoms with Gasteiger partial charge in [0.2, 0.25) is 0 Å². The Labute approximate surface area is 375 Å². The quantitative estimate of drug-likeness (QED) is 0.132. The Bertz CT molecular complexity index is 1890. The minimum atomic E-state index is -4.58. The Kier molecular flexibility index (Phi) is 18.1. The minimum absolute atomic E-state index is 0.0798. The number of ether oxygens (including phenoxy) is 6. The molecule has 0 aromatic heterocycles. The van der Waals surface area contributed by atoms with E-state index in [4.69, 9.17) is 28.4 Å². The third-order valence-electron chi connectivity index (χ3n) is 12.9. The van der Waals surface area contributed by atoms with Crippen molar-refractivity contribution >= 4 is 23.9 Å². The van der Waals surface area contributed by atoms with Crippen LogP contribution in [0.2, 0.25) is 0 Å². The lowest BCUT2D eigenvalue weighted by Gasteiger charge is -2.48. The molecule has 64 heavy (non-hydrogen) atoms. The fraction of sp³-hybridized carbons (Fsp3) is 0.660. The van der Waals surface area contributed by atoms with Gasteiger partial charge in [0.1, 0.15) is 29.7 Å². The van der Waals surface area contributed by atoms with E-state index in [2.05, 4.69) is 10.2 Å². The normalized spacial score (nSPS) is 35.5. The Morgan fingerprint density at radius 3 is 2.16 bits per heavy atom. The van der Waals surface area contributed by atoms with E-state index in [0.29, 0.717) is 23.4 Å². The number of aliphatic hydroxyl groups excluding tert-OH is 2. The van der Waals surface area contributed by atoms with E-state index in [1.165, 1.54) is 39.3 Å². The highest BCUT2D eigenvalue weighted by Crippen LogP contribution is 2.40. The van der Waals surface area contributed by atoms with Crippen molar-refractivity contribution in [3.63, 3.8) is 0 Å². The molecular formula is C47H68F3N3O11. The molecule has 17 heteroatoms. The number of aliphatic hydroxyl groups is 3. The zero-order valence-electron chi connectivity index (χ0n) is 39.0. The van der Waals surface area contributed by atoms with Crippen molar-refractivity contribution < 1.29 is 66.5 Å². The highest BCUT2D eigenvalue weighted by atomic mass is 19.4. The van der Waals surface area contributed by atoms with E-state index >= 15 is 0 Å². The van der Waals surface area contributed by atoms with Crippen LogP contribution in [-0.4, -0.2) is 133 Å². The Morgan fingerprint density at radius 2 is 1.61 bits per heavy atom. The molecule has 0 radical (unpaired) electrons. The maximum Gasteiger partial charge on any atom is 0.416 e. The zero-order valence-corrected chi connectivity index (χ0v) is 39.0. The number of carbonyl (C=O) groups is 2. The first-order valence-electron chi connectivity index (χ1n) is 21.8. The summed E-state index contributed by atoms with van der Waals surface area (Å²) in [5.41, 5.74) is -2.96. The van der Waals surface area contributed by atoms with Gasteiger partial charge in [0.25, 0.3) is 0 Å². The van der Waals surface area contributed by atoms with Crippen LogP contribution in [0.3, 0.4) is 0 Å². The van der Waals surface area contributed by atoms with Crippen molar-refractivity contribution in [2.75, 3.05) is 28.3 Å². The number of rotatable bonds is 11. The molecule has 4 unspecified atom stereocenters. The summed E-state index contributed by atoms with van der Waals surface area (Å²) < 4.78 is 76.9. The van der Waals surface area contributed by atoms with Crippen LogP contribution in [0.4, 0.5) is 13.2 Å². The van der Waals surface area contributed by atoms with Gasteiger partial charge in [0, 0.05) is 30.7 Å². The van der Waals surface area contributed by atoms with Crippen LogP contribution in [-0.2, 0) is 45.9 Å². The number of carbonyl (C=O) groups excluding carboxylic acids is 2. The van der Waals surface area contributed by atoms with Crippen LogP contribution < -0.4 is 4.74 Å². The van der Waals surface area contributed by atoms with Gasteiger partial charge in [-0.05, 0) is 114 Å². The molecule has 0 aliphatic carbocycles. The van der Waals surface area contributed by atoms with E-state index in [0.717, 1.165) is 12.1 Å². The molecular weight excluding hydrogens is 840 g/mol. The number of esters is 2. The highest BCUT2D eigenvalue weighted by Gasteiger charge is 2.52. The molecule has 14 atom stereocenters. The Balaban J connectivity index is 1.89. The number of cyclic esters (lactones) is 1. The third kappa shape index (κ3) is 12.7. The van der Waals surface area contributed by atoms with E-state index < -0.39 is 102 Å². The fourth-order valence-corrected chi connectivity index (χ4v) is 9.01. The number of benzene rings is 2. The molecule has 0 bridgehead atoms. The van der Waals surface area contributed by atoms with Crippen molar-refractivity contribution in [1.82, 2.24) is 4.90 Å². The molecule has 2 aromatic rings. The summed E-state index contributed by atoms with van der Waals surface area (Å²) in [7, 11) is 6.70. The molecule has 2 aromatic carbocycles. The summed E-state index contributed by atoms with van der Waals surface area (Å²) in [5.74, 6) is -4.69. The first-order valence-corrected chi connectivity index (χ1v) is 21.8. The van der Waals surface area contributed by atoms with Crippen molar-refractivity contribution in [2.45, 2.75) is 147 Å². The summed E-state index contributed by atoms with van der Waals surface area (Å²) in [6.45, 7) is 13.4. The molecule has 4 rings (SSSR count). The lowest BCUT2D eigenvalue weighted by atomic mass is 9.73. The van der Waals surface area contributed by atoms with E-state index in [-0.39, 0.29) is 30.6 Å². The molecule has 0 saturated carbocycles. The maximum atomic E-state index is 14.3. The standard InChI is InChI=1S/C47H68F3N3O11/c1-13-36-46(8,58)41(56)28(4)38(52-51-25-32-16-20-34(59-11)21-17-32)26(2)24-45(7,60-12)42(64-44-39(55)35(53(9)10)22-27(3)61-44)29(5)40(30(6)43(57)62-36)63-37(54)23-31-14-18-33(19-15-31)47(48,49)50/h14-21,25-30,35-36,39-42,44,55-56,58H,13,22-24H2,1-12H3/b51-25+,52-38+/t26-,27?,28+,29+,30-,35?,36-,39?,40+,41-,42-,44?,45-,46-/m1/s1. The molecule has 2 fully saturated rings. The number of nitrogens with zero attached hydrogens (tertiary/aromatic N) is 3. The number of likely N-dealkylation sites (N-methyl/N-ethyl adjacent to an activating group) is 1. The van der Waals surface area contributed by atoms with Gasteiger partial charge < -0.3 is 48.6 Å². The largest absolute Gasteiger partial charge is 0.497 e. The lowest BCUT2D eigenvalue weighted by Crippen LogP contribution is -2.60. The van der Waals surface area contributed by atoms with Crippen LogP contribution in [0.15, 0.2) is 58.7 Å². The minimum Gasteiger partial charge on any atom is -0.497 e. The maximum absolute atomic E-state index is 14.3. The van der Waals surface area contributed by atoms with Gasteiger partial charge in [0.15, 0.2) is 6.29 Å². The first-order chi connectivity index (χ1) is 29.9. The van der Waals surface area contributed by atoms with Gasteiger partial charge in [-0.2, -0.15) is 23.4 Å². The number of methoxy groups -OCH3 is 2. The number of hydrogen-bond donors (Lipinski definition) is 3. The van der Waals surface area contributed by atoms with Crippen molar-refractivity contribution in [3.8, 4) is 5.75 Å². The molecule has 2 aliphatic rings. The molecule has 0 amide bonds. The van der Waals surface area contributed by atoms with Crippen LogP contribution in [0.5, 0.6) is 5.75 Å². The monoisotopic (exact) mass is 907 g/mol. The predicted molar refractivity (Wildman–Crippen MR) is 234 cm³/mol. The van der Waals surface area contributed by atoms with Crippen LogP contribution in [0, 0.1) is 23.7 Å². The summed E-state index contributed by atoms with van der Waals surface area (Å²) >= 11 is 0. The summed E-state index contributed by atoms with van der Waals surface area (Å²) in [6, 6.07) is 10.9. The number of halogens is 3. The third-order valence-corrected chi connectivity index (χ3v) is 12.9. The second-order valence-electron chi connectivity index (χ2n) is 18.1. The average molecular weight is 908 g/mol. The molecule has 14 nitrogen and oxygen atoms in total. The zero-order chi connectivity index (χ0) is 47.9. The van der Waals surface area contributed by atoms with Gasteiger partial charge in [-0.3, -0.25) is 9.59 Å². The Hall–Kier alpha value is -3.97. The van der Waals surface area contributed by atoms with Crippen LogP contribution >= 0.6 is 0 Å². The highest BCUT2D eigenvalue weighted by molar-refractivity contribution is 5.90. The SMILES string of the molecule is CC[C@H]1OC(=O)[C@H](C)[C@@H](OC(=O)Cc2ccc(C(F)(F)F)cc2)[C@H](C)[C@@H](OC2OC(C)CC(N(C)C)C2O)[C@](C)(OC)C[C@@H](C)/C(=N\N=C\c2ccc(OC)cc2)[C@H](C)[C@@H](O)[C@]1(C)O. The molecule has 2 heterocycles. The molecule has 358 valence electrons. The summed E-state index contributed by atoms with van der Waals surface area (Å²) in [6.07, 6.45) is -10.8. The van der Waals surface area contributed by atoms with E-state index in [9.17, 15) is 38.1 Å².